The molecule has 2 aliphatic rings. The Hall–Kier alpha value is -3.57. The number of nitrogens with one attached hydrogen (secondary N) is 1. The Labute approximate surface area is 207 Å². The molecule has 2 fully saturated rings. The molecule has 2 aliphatic heterocycles. The van der Waals surface area contributed by atoms with E-state index in [0.717, 1.165) is 30.2 Å². The van der Waals surface area contributed by atoms with E-state index in [1.807, 2.05) is 20.0 Å². The predicted octanol–water partition coefficient (Wildman–Crippen LogP) is 2.73. The molecule has 36 heavy (non-hydrogen) atoms. The number of benzene rings is 1. The van der Waals surface area contributed by atoms with Gasteiger partial charge in [-0.1, -0.05) is 6.92 Å². The Balaban J connectivity index is 1.45. The summed E-state index contributed by atoms with van der Waals surface area (Å²) in [5.74, 6) is 0.480. The van der Waals surface area contributed by atoms with Crippen LogP contribution >= 0.6 is 0 Å². The van der Waals surface area contributed by atoms with Crippen molar-refractivity contribution in [1.82, 2.24) is 29.4 Å². The molecule has 0 spiro atoms. The first-order valence-corrected chi connectivity index (χ1v) is 12.2. The number of anilines is 1. The van der Waals surface area contributed by atoms with E-state index in [4.69, 9.17) is 24.4 Å². The normalized spacial score (nSPS) is 19.5. The minimum atomic E-state index is -0.387. The first kappa shape index (κ1) is 22.9. The largest absolute Gasteiger partial charge is 0.445 e. The zero-order valence-electron chi connectivity index (χ0n) is 20.3. The summed E-state index contributed by atoms with van der Waals surface area (Å²) in [6, 6.07) is 5.39. The van der Waals surface area contributed by atoms with Gasteiger partial charge in [0.25, 0.3) is 6.01 Å². The highest BCUT2D eigenvalue weighted by molar-refractivity contribution is 5.95. The zero-order chi connectivity index (χ0) is 24.8. The third kappa shape index (κ3) is 3.88. The molecule has 0 bridgehead atoms. The first-order chi connectivity index (χ1) is 17.5. The molecule has 6 rings (SSSR count). The van der Waals surface area contributed by atoms with Crippen molar-refractivity contribution in [2.75, 3.05) is 44.3 Å². The van der Waals surface area contributed by atoms with E-state index in [1.54, 1.807) is 16.8 Å². The van der Waals surface area contributed by atoms with Crippen LogP contribution in [0.3, 0.4) is 0 Å². The summed E-state index contributed by atoms with van der Waals surface area (Å²) in [7, 11) is 1.84. The number of fused-ring (bicyclic) bond motifs is 2. The zero-order valence-corrected chi connectivity index (χ0v) is 20.3. The van der Waals surface area contributed by atoms with Crippen LogP contribution in [0.1, 0.15) is 13.3 Å². The summed E-state index contributed by atoms with van der Waals surface area (Å²) < 4.78 is 28.8. The Bertz CT molecular complexity index is 1430. The molecule has 1 N–H and O–H groups in total. The number of ether oxygens (including phenoxy) is 2. The number of hydrogen-bond acceptors (Lipinski definition) is 8. The van der Waals surface area contributed by atoms with Gasteiger partial charge in [0.1, 0.15) is 12.1 Å². The lowest BCUT2D eigenvalue weighted by Crippen LogP contribution is -2.52. The molecule has 2 saturated heterocycles. The van der Waals surface area contributed by atoms with Crippen molar-refractivity contribution < 1.29 is 18.7 Å². The molecular formula is C25H28FN7O3. The van der Waals surface area contributed by atoms with Crippen molar-refractivity contribution in [3.63, 3.8) is 0 Å². The Morgan fingerprint density at radius 3 is 2.81 bits per heavy atom. The maximum atomic E-state index is 15.2. The molecule has 4 aromatic rings. The number of rotatable bonds is 7. The number of carbonyl (C=O) groups is 1. The highest BCUT2D eigenvalue weighted by atomic mass is 19.1. The number of H-pyrrole nitrogens is 1. The number of hydrogen-bond donors (Lipinski definition) is 1. The van der Waals surface area contributed by atoms with Crippen LogP contribution in [0.25, 0.3) is 33.5 Å². The smallest absolute Gasteiger partial charge is 0.300 e. The average Bonchev–Trinajstić information content (AvgIpc) is 3.49. The minimum absolute atomic E-state index is 0.0655. The van der Waals surface area contributed by atoms with Crippen molar-refractivity contribution in [1.29, 1.82) is 0 Å². The van der Waals surface area contributed by atoms with Crippen LogP contribution in [0.15, 0.2) is 24.4 Å². The molecule has 0 amide bonds. The van der Waals surface area contributed by atoms with Crippen molar-refractivity contribution in [2.45, 2.75) is 19.6 Å². The topological polar surface area (TPSA) is 101 Å². The Morgan fingerprint density at radius 2 is 2.06 bits per heavy atom. The average molecular weight is 494 g/mol. The van der Waals surface area contributed by atoms with Crippen LogP contribution in [0.5, 0.6) is 6.01 Å². The van der Waals surface area contributed by atoms with Gasteiger partial charge in [-0.2, -0.15) is 4.98 Å². The second-order valence-electron chi connectivity index (χ2n) is 9.43. The second kappa shape index (κ2) is 9.14. The summed E-state index contributed by atoms with van der Waals surface area (Å²) in [6.45, 7) is 5.85. The van der Waals surface area contributed by atoms with E-state index in [-0.39, 0.29) is 18.0 Å². The summed E-state index contributed by atoms with van der Waals surface area (Å²) in [4.78, 5) is 32.9. The molecule has 2 atom stereocenters. The number of imidazole rings is 1. The highest BCUT2D eigenvalue weighted by Crippen LogP contribution is 2.35. The number of aryl methyl sites for hydroxylation is 1. The van der Waals surface area contributed by atoms with Crippen LogP contribution in [0.4, 0.5) is 10.2 Å². The van der Waals surface area contributed by atoms with Crippen LogP contribution in [-0.4, -0.2) is 81.3 Å². The van der Waals surface area contributed by atoms with Crippen LogP contribution in [0.2, 0.25) is 0 Å². The molecule has 188 valence electrons. The van der Waals surface area contributed by atoms with Crippen LogP contribution < -0.4 is 9.64 Å². The van der Waals surface area contributed by atoms with Gasteiger partial charge >= 0.3 is 0 Å². The maximum absolute atomic E-state index is 15.2. The number of aldehydes is 1. The van der Waals surface area contributed by atoms with Gasteiger partial charge < -0.3 is 24.2 Å². The van der Waals surface area contributed by atoms with Crippen molar-refractivity contribution in [3.05, 3.63) is 30.2 Å². The first-order valence-electron chi connectivity index (χ1n) is 12.2. The summed E-state index contributed by atoms with van der Waals surface area (Å²) in [5.41, 5.74) is 2.33. The third-order valence-electron chi connectivity index (χ3n) is 6.94. The molecule has 0 aliphatic carbocycles. The highest BCUT2D eigenvalue weighted by Gasteiger charge is 2.33. The standard InChI is InChI=1S/C25H28FN7O3/c1-15(14-34)13-33-8-6-19(33)36-25-28-21-23(31(25)2)29-22(30-24(21)32-9-11-35-12-10-32)20-16-5-7-27-18(16)4-3-17(20)26/h3-5,7,14-15,19,27H,6,8-13H2,1-2H3. The maximum Gasteiger partial charge on any atom is 0.300 e. The van der Waals surface area contributed by atoms with Crippen molar-refractivity contribution in [2.24, 2.45) is 13.0 Å². The summed E-state index contributed by atoms with van der Waals surface area (Å²) in [6.07, 6.45) is 3.43. The van der Waals surface area contributed by atoms with Gasteiger partial charge in [-0.3, -0.25) is 9.47 Å². The van der Waals surface area contributed by atoms with Crippen molar-refractivity contribution >= 4 is 34.2 Å². The molecular weight excluding hydrogens is 465 g/mol. The number of aromatic nitrogens is 5. The van der Waals surface area contributed by atoms with E-state index in [1.165, 1.54) is 6.07 Å². The minimum Gasteiger partial charge on any atom is -0.445 e. The van der Waals surface area contributed by atoms with Gasteiger partial charge in [-0.25, -0.2) is 14.4 Å². The van der Waals surface area contributed by atoms with E-state index < -0.39 is 0 Å². The lowest BCUT2D eigenvalue weighted by Gasteiger charge is -2.40. The molecule has 5 heterocycles. The fourth-order valence-electron chi connectivity index (χ4n) is 4.87. The lowest BCUT2D eigenvalue weighted by atomic mass is 10.1. The fraction of sp³-hybridized carbons (Fsp3) is 0.440. The van der Waals surface area contributed by atoms with Crippen molar-refractivity contribution in [3.8, 4) is 17.4 Å². The van der Waals surface area contributed by atoms with Gasteiger partial charge in [0.05, 0.1) is 18.8 Å². The molecule has 0 saturated carbocycles. The number of aromatic amines is 1. The molecule has 11 heteroatoms. The van der Waals surface area contributed by atoms with Gasteiger partial charge in [-0.05, 0) is 18.2 Å². The number of nitrogens with zero attached hydrogens (tertiary/aromatic N) is 6. The number of carbonyl (C=O) groups excluding carboxylic acids is 1. The SMILES string of the molecule is CC(C=O)CN1CCC1Oc1nc2c(N3CCOCC3)nc(-c3c(F)ccc4[nH]ccc34)nc2n1C. The van der Waals surface area contributed by atoms with E-state index in [2.05, 4.69) is 14.8 Å². The molecule has 3 aromatic heterocycles. The van der Waals surface area contributed by atoms with Gasteiger partial charge in [0.2, 0.25) is 0 Å². The molecule has 1 aromatic carbocycles. The van der Waals surface area contributed by atoms with Crippen LogP contribution in [-0.2, 0) is 16.6 Å². The number of halogens is 1. The second-order valence-corrected chi connectivity index (χ2v) is 9.43. The quantitative estimate of drug-likeness (QED) is 0.392. The molecule has 0 radical (unpaired) electrons. The monoisotopic (exact) mass is 493 g/mol. The Morgan fingerprint density at radius 1 is 1.22 bits per heavy atom. The third-order valence-corrected chi connectivity index (χ3v) is 6.94. The number of likely N-dealkylation sites (tertiary alicyclic amines) is 1. The van der Waals surface area contributed by atoms with E-state index in [9.17, 15) is 4.79 Å². The molecule has 2 unspecified atom stereocenters. The van der Waals surface area contributed by atoms with Crippen LogP contribution in [0, 0.1) is 11.7 Å². The lowest BCUT2D eigenvalue weighted by molar-refractivity contribution is -0.114. The summed E-state index contributed by atoms with van der Waals surface area (Å²) in [5, 5.41) is 0.718. The fourth-order valence-corrected chi connectivity index (χ4v) is 4.87. The van der Waals surface area contributed by atoms with Gasteiger partial charge in [0, 0.05) is 62.7 Å². The van der Waals surface area contributed by atoms with Gasteiger partial charge in [-0.15, -0.1) is 0 Å². The Kier molecular flexibility index (Phi) is 5.81. The number of morpholine rings is 1. The predicted molar refractivity (Wildman–Crippen MR) is 132 cm³/mol. The van der Waals surface area contributed by atoms with Gasteiger partial charge in [0.15, 0.2) is 29.0 Å². The summed E-state index contributed by atoms with van der Waals surface area (Å²) >= 11 is 0. The molecule has 10 nitrogen and oxygen atoms in total. The van der Waals surface area contributed by atoms with E-state index in [0.29, 0.717) is 67.2 Å². The van der Waals surface area contributed by atoms with E-state index >= 15 is 4.39 Å².